The van der Waals surface area contributed by atoms with E-state index in [9.17, 15) is 4.79 Å². The molecule has 0 amide bonds. The van der Waals surface area contributed by atoms with Crippen molar-refractivity contribution in [2.45, 2.75) is 13.3 Å². The molecular formula is C9H11NO2. The Labute approximate surface area is 71.1 Å². The topological polar surface area (TPSA) is 50.2 Å². The predicted molar refractivity (Wildman–Crippen MR) is 44.7 cm³/mol. The van der Waals surface area contributed by atoms with E-state index < -0.39 is 5.97 Å². The molecule has 0 spiro atoms. The number of carboxylic acids is 1. The van der Waals surface area contributed by atoms with Gasteiger partial charge in [-0.05, 0) is 24.1 Å². The Bertz CT molecular complexity index is 258. The minimum Gasteiger partial charge on any atom is -0.481 e. The smallest absolute Gasteiger partial charge is 0.306 e. The zero-order valence-corrected chi connectivity index (χ0v) is 6.90. The first-order valence-corrected chi connectivity index (χ1v) is 3.82. The molecule has 3 nitrogen and oxygen atoms in total. The van der Waals surface area contributed by atoms with Crippen LogP contribution in [0.5, 0.6) is 0 Å². The Kier molecular flexibility index (Phi) is 2.80. The molecule has 0 aliphatic heterocycles. The van der Waals surface area contributed by atoms with E-state index >= 15 is 0 Å². The monoisotopic (exact) mass is 165 g/mol. The zero-order valence-electron chi connectivity index (χ0n) is 6.90. The Morgan fingerprint density at radius 3 is 2.67 bits per heavy atom. The van der Waals surface area contributed by atoms with Crippen LogP contribution in [0.15, 0.2) is 24.5 Å². The SMILES string of the molecule is C[C@H](Cc1ccncc1)C(=O)O. The lowest BCUT2D eigenvalue weighted by Gasteiger charge is -2.04. The lowest BCUT2D eigenvalue weighted by molar-refractivity contribution is -0.141. The van der Waals surface area contributed by atoms with Crippen LogP contribution in [0, 0.1) is 5.92 Å². The maximum absolute atomic E-state index is 10.5. The largest absolute Gasteiger partial charge is 0.481 e. The molecule has 12 heavy (non-hydrogen) atoms. The summed E-state index contributed by atoms with van der Waals surface area (Å²) in [5, 5.41) is 8.63. The number of hydrogen-bond acceptors (Lipinski definition) is 2. The molecule has 1 rings (SSSR count). The number of aromatic nitrogens is 1. The maximum Gasteiger partial charge on any atom is 0.306 e. The van der Waals surface area contributed by atoms with Crippen LogP contribution in [0.3, 0.4) is 0 Å². The molecular weight excluding hydrogens is 154 g/mol. The van der Waals surface area contributed by atoms with E-state index in [2.05, 4.69) is 4.98 Å². The summed E-state index contributed by atoms with van der Waals surface area (Å²) in [6.45, 7) is 1.70. The summed E-state index contributed by atoms with van der Waals surface area (Å²) in [6, 6.07) is 3.67. The Hall–Kier alpha value is -1.38. The molecule has 1 aromatic rings. The molecule has 0 saturated heterocycles. The molecule has 0 fully saturated rings. The summed E-state index contributed by atoms with van der Waals surface area (Å²) < 4.78 is 0. The van der Waals surface area contributed by atoms with Gasteiger partial charge in [-0.1, -0.05) is 6.92 Å². The summed E-state index contributed by atoms with van der Waals surface area (Å²) >= 11 is 0. The zero-order chi connectivity index (χ0) is 8.97. The molecule has 0 saturated carbocycles. The molecule has 0 aliphatic carbocycles. The first-order chi connectivity index (χ1) is 5.70. The van der Waals surface area contributed by atoms with Crippen molar-refractivity contribution in [2.24, 2.45) is 5.92 Å². The van der Waals surface area contributed by atoms with Crippen molar-refractivity contribution in [3.63, 3.8) is 0 Å². The quantitative estimate of drug-likeness (QED) is 0.735. The van der Waals surface area contributed by atoms with Crippen molar-refractivity contribution >= 4 is 5.97 Å². The number of carboxylic acid groups (broad SMARTS) is 1. The first kappa shape index (κ1) is 8.71. The van der Waals surface area contributed by atoms with Crippen molar-refractivity contribution in [1.82, 2.24) is 4.98 Å². The predicted octanol–water partition coefficient (Wildman–Crippen LogP) is 1.34. The van der Waals surface area contributed by atoms with Gasteiger partial charge in [0.1, 0.15) is 0 Å². The van der Waals surface area contributed by atoms with Gasteiger partial charge in [-0.2, -0.15) is 0 Å². The van der Waals surface area contributed by atoms with Gasteiger partial charge in [-0.3, -0.25) is 9.78 Å². The second kappa shape index (κ2) is 3.85. The van der Waals surface area contributed by atoms with E-state index in [-0.39, 0.29) is 5.92 Å². The molecule has 0 unspecified atom stereocenters. The lowest BCUT2D eigenvalue weighted by atomic mass is 10.0. The third-order valence-corrected chi connectivity index (χ3v) is 1.71. The van der Waals surface area contributed by atoms with Crippen LogP contribution in [0.2, 0.25) is 0 Å². The van der Waals surface area contributed by atoms with E-state index in [1.54, 1.807) is 19.3 Å². The summed E-state index contributed by atoms with van der Waals surface area (Å²) in [4.78, 5) is 14.3. The fourth-order valence-corrected chi connectivity index (χ4v) is 0.960. The molecule has 1 aromatic heterocycles. The third kappa shape index (κ3) is 2.34. The van der Waals surface area contributed by atoms with Gasteiger partial charge < -0.3 is 5.11 Å². The van der Waals surface area contributed by atoms with Gasteiger partial charge in [-0.15, -0.1) is 0 Å². The number of aliphatic carboxylic acids is 1. The highest BCUT2D eigenvalue weighted by atomic mass is 16.4. The van der Waals surface area contributed by atoms with Gasteiger partial charge in [0.25, 0.3) is 0 Å². The Morgan fingerprint density at radius 2 is 2.17 bits per heavy atom. The molecule has 1 N–H and O–H groups in total. The maximum atomic E-state index is 10.5. The van der Waals surface area contributed by atoms with Gasteiger partial charge in [0.15, 0.2) is 0 Å². The molecule has 0 aromatic carbocycles. The second-order valence-electron chi connectivity index (χ2n) is 2.80. The second-order valence-corrected chi connectivity index (χ2v) is 2.80. The van der Waals surface area contributed by atoms with Crippen LogP contribution >= 0.6 is 0 Å². The average Bonchev–Trinajstić information content (AvgIpc) is 2.06. The normalized spacial score (nSPS) is 12.4. The van der Waals surface area contributed by atoms with E-state index in [1.165, 1.54) is 0 Å². The highest BCUT2D eigenvalue weighted by molar-refractivity contribution is 5.69. The van der Waals surface area contributed by atoms with E-state index in [4.69, 9.17) is 5.11 Å². The van der Waals surface area contributed by atoms with Gasteiger partial charge in [0, 0.05) is 12.4 Å². The molecule has 0 radical (unpaired) electrons. The number of rotatable bonds is 3. The van der Waals surface area contributed by atoms with Gasteiger partial charge in [0.05, 0.1) is 5.92 Å². The molecule has 64 valence electrons. The van der Waals surface area contributed by atoms with Crippen LogP contribution < -0.4 is 0 Å². The number of carbonyl (C=O) groups is 1. The van der Waals surface area contributed by atoms with Gasteiger partial charge >= 0.3 is 5.97 Å². The van der Waals surface area contributed by atoms with Crippen molar-refractivity contribution in [3.05, 3.63) is 30.1 Å². The van der Waals surface area contributed by atoms with Crippen LogP contribution in [-0.4, -0.2) is 16.1 Å². The molecule has 0 bridgehead atoms. The van der Waals surface area contributed by atoms with Crippen LogP contribution in [0.25, 0.3) is 0 Å². The highest BCUT2D eigenvalue weighted by Crippen LogP contribution is 2.06. The van der Waals surface area contributed by atoms with Gasteiger partial charge in [-0.25, -0.2) is 0 Å². The molecule has 0 aliphatic rings. The first-order valence-electron chi connectivity index (χ1n) is 3.82. The number of nitrogens with zero attached hydrogens (tertiary/aromatic N) is 1. The summed E-state index contributed by atoms with van der Waals surface area (Å²) in [5.74, 6) is -1.08. The van der Waals surface area contributed by atoms with Crippen molar-refractivity contribution in [3.8, 4) is 0 Å². The Balaban J connectivity index is 2.58. The molecule has 1 atom stereocenters. The lowest BCUT2D eigenvalue weighted by Crippen LogP contribution is -2.12. The fourth-order valence-electron chi connectivity index (χ4n) is 0.960. The van der Waals surface area contributed by atoms with Crippen molar-refractivity contribution in [2.75, 3.05) is 0 Å². The van der Waals surface area contributed by atoms with Crippen LogP contribution in [0.4, 0.5) is 0 Å². The van der Waals surface area contributed by atoms with E-state index in [1.807, 2.05) is 12.1 Å². The van der Waals surface area contributed by atoms with Crippen molar-refractivity contribution in [1.29, 1.82) is 0 Å². The fraction of sp³-hybridized carbons (Fsp3) is 0.333. The number of hydrogen-bond donors (Lipinski definition) is 1. The summed E-state index contributed by atoms with van der Waals surface area (Å²) in [5.41, 5.74) is 1.01. The molecule has 3 heteroatoms. The number of pyridine rings is 1. The Morgan fingerprint density at radius 1 is 1.58 bits per heavy atom. The highest BCUT2D eigenvalue weighted by Gasteiger charge is 2.10. The van der Waals surface area contributed by atoms with Crippen LogP contribution in [0.1, 0.15) is 12.5 Å². The molecule has 1 heterocycles. The van der Waals surface area contributed by atoms with Crippen molar-refractivity contribution < 1.29 is 9.90 Å². The standard InChI is InChI=1S/C9H11NO2/c1-7(9(11)12)6-8-2-4-10-5-3-8/h2-5,7H,6H2,1H3,(H,11,12)/t7-/m1/s1. The average molecular weight is 165 g/mol. The van der Waals surface area contributed by atoms with E-state index in [0.29, 0.717) is 6.42 Å². The summed E-state index contributed by atoms with van der Waals surface area (Å²) in [6.07, 6.45) is 3.91. The minimum absolute atomic E-state index is 0.326. The third-order valence-electron chi connectivity index (χ3n) is 1.71. The van der Waals surface area contributed by atoms with E-state index in [0.717, 1.165) is 5.56 Å². The van der Waals surface area contributed by atoms with Crippen LogP contribution in [-0.2, 0) is 11.2 Å². The minimum atomic E-state index is -0.758. The summed E-state index contributed by atoms with van der Waals surface area (Å²) in [7, 11) is 0. The van der Waals surface area contributed by atoms with Gasteiger partial charge in [0.2, 0.25) is 0 Å².